The molecule has 0 fully saturated rings. The number of amides is 1. The van der Waals surface area contributed by atoms with Crippen LogP contribution in [0.3, 0.4) is 0 Å². The van der Waals surface area contributed by atoms with E-state index in [0.717, 1.165) is 9.15 Å². The second-order valence-corrected chi connectivity index (χ2v) is 6.98. The number of hydrogen-bond acceptors (Lipinski definition) is 3. The highest BCUT2D eigenvalue weighted by atomic mass is 79.9. The normalized spacial score (nSPS) is 11.8. The molecule has 2 aromatic rings. The Morgan fingerprint density at radius 2 is 2.04 bits per heavy atom. The summed E-state index contributed by atoms with van der Waals surface area (Å²) in [7, 11) is 1.61. The van der Waals surface area contributed by atoms with Crippen molar-refractivity contribution in [3.63, 3.8) is 0 Å². The van der Waals surface area contributed by atoms with Crippen LogP contribution >= 0.6 is 27.5 Å². The van der Waals surface area contributed by atoms with Crippen LogP contribution in [0.15, 0.2) is 10.7 Å². The molecule has 0 N–H and O–H groups in total. The van der Waals surface area contributed by atoms with Gasteiger partial charge in [0.05, 0.1) is 34.0 Å². The highest BCUT2D eigenvalue weighted by Crippen LogP contribution is 2.35. The molecule has 0 aliphatic carbocycles. The number of aryl methyl sites for hydroxylation is 2. The van der Waals surface area contributed by atoms with E-state index in [2.05, 4.69) is 26.1 Å². The number of hydrogen-bond donors (Lipinski definition) is 0. The third kappa shape index (κ3) is 4.59. The number of nitrogens with zero attached hydrogens (tertiary/aromatic N) is 5. The van der Waals surface area contributed by atoms with Crippen LogP contribution in [0.25, 0.3) is 0 Å². The van der Waals surface area contributed by atoms with Gasteiger partial charge >= 0.3 is 6.18 Å². The maximum atomic E-state index is 12.8. The molecule has 0 aromatic carbocycles. The summed E-state index contributed by atoms with van der Waals surface area (Å²) in [5.41, 5.74) is -0.245. The number of alkyl halides is 3. The average molecular weight is 457 g/mol. The highest BCUT2D eigenvalue weighted by Gasteiger charge is 2.38. The summed E-state index contributed by atoms with van der Waals surface area (Å²) in [4.78, 5) is 13.8. The van der Waals surface area contributed by atoms with Gasteiger partial charge in [0.15, 0.2) is 5.69 Å². The molecule has 1 amide bonds. The predicted octanol–water partition coefficient (Wildman–Crippen LogP) is 3.89. The largest absolute Gasteiger partial charge is 0.436 e. The third-order valence-electron chi connectivity index (χ3n) is 3.86. The van der Waals surface area contributed by atoms with Gasteiger partial charge in [0.2, 0.25) is 5.91 Å². The van der Waals surface area contributed by atoms with Gasteiger partial charge in [-0.3, -0.25) is 14.2 Å². The smallest absolute Gasteiger partial charge is 0.340 e. The molecule has 0 radical (unpaired) electrons. The van der Waals surface area contributed by atoms with Gasteiger partial charge in [-0.15, -0.1) is 0 Å². The van der Waals surface area contributed by atoms with Gasteiger partial charge in [0.25, 0.3) is 0 Å². The monoisotopic (exact) mass is 455 g/mol. The first-order valence-electron chi connectivity index (χ1n) is 7.80. The van der Waals surface area contributed by atoms with Crippen LogP contribution in [-0.4, -0.2) is 37.4 Å². The van der Waals surface area contributed by atoms with Gasteiger partial charge in [0, 0.05) is 26.2 Å². The zero-order valence-corrected chi connectivity index (χ0v) is 16.8. The van der Waals surface area contributed by atoms with Crippen molar-refractivity contribution in [1.29, 1.82) is 0 Å². The van der Waals surface area contributed by atoms with Crippen LogP contribution in [0, 0.1) is 6.92 Å². The molecule has 2 heterocycles. The second-order valence-electron chi connectivity index (χ2n) is 5.75. The van der Waals surface area contributed by atoms with Gasteiger partial charge in [-0.1, -0.05) is 11.6 Å². The van der Waals surface area contributed by atoms with Crippen molar-refractivity contribution in [2.24, 2.45) is 0 Å². The van der Waals surface area contributed by atoms with E-state index in [-0.39, 0.29) is 24.6 Å². The molecule has 0 atom stereocenters. The van der Waals surface area contributed by atoms with Crippen LogP contribution in [-0.2, 0) is 30.6 Å². The maximum absolute atomic E-state index is 12.8. The molecule has 0 aliphatic rings. The van der Waals surface area contributed by atoms with Crippen molar-refractivity contribution in [2.75, 3.05) is 7.05 Å². The lowest BCUT2D eigenvalue weighted by Gasteiger charge is -2.16. The molecule has 11 heteroatoms. The fraction of sp³-hybridized carbons (Fsp3) is 0.533. The van der Waals surface area contributed by atoms with Crippen molar-refractivity contribution in [3.05, 3.63) is 32.8 Å². The van der Waals surface area contributed by atoms with Crippen molar-refractivity contribution in [3.8, 4) is 0 Å². The Morgan fingerprint density at radius 1 is 1.38 bits per heavy atom. The Morgan fingerprint density at radius 3 is 2.54 bits per heavy atom. The SMILES string of the molecule is CCn1cc(Br)c(CN(C)C(=O)CCn2nc(C(F)(F)F)c(Cl)c2C)n1. The molecule has 144 valence electrons. The van der Waals surface area contributed by atoms with E-state index in [4.69, 9.17) is 11.6 Å². The summed E-state index contributed by atoms with van der Waals surface area (Å²) in [5.74, 6) is -0.234. The van der Waals surface area contributed by atoms with Gasteiger partial charge in [0.1, 0.15) is 0 Å². The fourth-order valence-electron chi connectivity index (χ4n) is 2.33. The topological polar surface area (TPSA) is 56.0 Å². The van der Waals surface area contributed by atoms with Gasteiger partial charge in [-0.25, -0.2) is 0 Å². The minimum atomic E-state index is -4.63. The van der Waals surface area contributed by atoms with Crippen molar-refractivity contribution >= 4 is 33.4 Å². The summed E-state index contributed by atoms with van der Waals surface area (Å²) in [6, 6.07) is 0. The lowest BCUT2D eigenvalue weighted by atomic mass is 10.3. The van der Waals surface area contributed by atoms with Gasteiger partial charge in [-0.2, -0.15) is 23.4 Å². The molecule has 0 aliphatic heterocycles. The lowest BCUT2D eigenvalue weighted by molar-refractivity contribution is -0.141. The Kier molecular flexibility index (Phi) is 6.38. The molecule has 2 aromatic heterocycles. The van der Waals surface area contributed by atoms with Crippen molar-refractivity contribution in [1.82, 2.24) is 24.5 Å². The zero-order valence-electron chi connectivity index (χ0n) is 14.4. The zero-order chi connectivity index (χ0) is 19.6. The maximum Gasteiger partial charge on any atom is 0.436 e. The molecule has 0 unspecified atom stereocenters. The number of aromatic nitrogens is 4. The minimum Gasteiger partial charge on any atom is -0.340 e. The second kappa shape index (κ2) is 7.99. The molecule has 26 heavy (non-hydrogen) atoms. The summed E-state index contributed by atoms with van der Waals surface area (Å²) in [5, 5.41) is 7.39. The van der Waals surface area contributed by atoms with E-state index in [1.807, 2.05) is 13.1 Å². The first-order chi connectivity index (χ1) is 12.0. The lowest BCUT2D eigenvalue weighted by Crippen LogP contribution is -2.27. The average Bonchev–Trinajstić information content (AvgIpc) is 3.06. The Balaban J connectivity index is 2.01. The molecule has 2 rings (SSSR count). The predicted molar refractivity (Wildman–Crippen MR) is 93.7 cm³/mol. The number of carbonyl (C=O) groups is 1. The standard InChI is InChI=1S/C15H18BrClF3N5O/c1-4-24-7-10(16)11(21-24)8-23(3)12(26)5-6-25-9(2)13(17)14(22-25)15(18,19)20/h7H,4-6,8H2,1-3H3. The number of rotatable bonds is 6. The van der Waals surface area contributed by atoms with Crippen LogP contribution in [0.5, 0.6) is 0 Å². The quantitative estimate of drug-likeness (QED) is 0.663. The van der Waals surface area contributed by atoms with Crippen molar-refractivity contribution in [2.45, 2.75) is 46.1 Å². The van der Waals surface area contributed by atoms with E-state index in [1.54, 1.807) is 11.7 Å². The molecule has 0 bridgehead atoms. The first-order valence-corrected chi connectivity index (χ1v) is 8.97. The van der Waals surface area contributed by atoms with Crippen LogP contribution in [0.1, 0.15) is 30.4 Å². The van der Waals surface area contributed by atoms with Crippen LogP contribution < -0.4 is 0 Å². The van der Waals surface area contributed by atoms with Crippen molar-refractivity contribution < 1.29 is 18.0 Å². The molecular weight excluding hydrogens is 439 g/mol. The Labute approximate surface area is 162 Å². The molecule has 6 nitrogen and oxygen atoms in total. The number of carbonyl (C=O) groups excluding carboxylic acids is 1. The van der Waals surface area contributed by atoms with E-state index >= 15 is 0 Å². The van der Waals surface area contributed by atoms with Crippen LogP contribution in [0.2, 0.25) is 5.02 Å². The minimum absolute atomic E-state index is 0.00124. The Hall–Kier alpha value is -1.55. The van der Waals surface area contributed by atoms with Gasteiger partial charge in [-0.05, 0) is 29.8 Å². The summed E-state index contributed by atoms with van der Waals surface area (Å²) >= 11 is 9.10. The molecule has 0 spiro atoms. The Bertz CT molecular complexity index is 802. The molecule has 0 saturated heterocycles. The highest BCUT2D eigenvalue weighted by molar-refractivity contribution is 9.10. The van der Waals surface area contributed by atoms with Crippen LogP contribution in [0.4, 0.5) is 13.2 Å². The summed E-state index contributed by atoms with van der Waals surface area (Å²) < 4.78 is 42.1. The molecule has 0 saturated carbocycles. The van der Waals surface area contributed by atoms with E-state index in [9.17, 15) is 18.0 Å². The summed E-state index contributed by atoms with van der Waals surface area (Å²) in [6.07, 6.45) is -2.81. The fourth-order valence-corrected chi connectivity index (χ4v) is 3.02. The van der Waals surface area contributed by atoms with E-state index < -0.39 is 16.9 Å². The van der Waals surface area contributed by atoms with E-state index in [0.29, 0.717) is 18.8 Å². The number of halogens is 5. The van der Waals surface area contributed by atoms with Gasteiger partial charge < -0.3 is 4.90 Å². The van der Waals surface area contributed by atoms with E-state index in [1.165, 1.54) is 11.8 Å². The third-order valence-corrected chi connectivity index (χ3v) is 4.98. The first kappa shape index (κ1) is 20.8. The summed E-state index contributed by atoms with van der Waals surface area (Å²) in [6.45, 7) is 4.39. The molecular formula is C15H18BrClF3N5O.